The molecule has 2 heterocycles. The van der Waals surface area contributed by atoms with Crippen molar-refractivity contribution in [2.75, 3.05) is 13.7 Å². The van der Waals surface area contributed by atoms with Crippen molar-refractivity contribution in [3.8, 4) is 5.88 Å². The Labute approximate surface area is 88.6 Å². The van der Waals surface area contributed by atoms with Crippen molar-refractivity contribution in [1.82, 2.24) is 9.97 Å². The Morgan fingerprint density at radius 2 is 2.27 bits per heavy atom. The van der Waals surface area contributed by atoms with Crippen molar-refractivity contribution in [1.29, 1.82) is 0 Å². The monoisotopic (exact) mass is 209 g/mol. The number of aromatic nitrogens is 2. The molecule has 1 aromatic heterocycles. The summed E-state index contributed by atoms with van der Waals surface area (Å²) >= 11 is 0. The van der Waals surface area contributed by atoms with Crippen LogP contribution in [0.1, 0.15) is 30.0 Å². The second-order valence-electron chi connectivity index (χ2n) is 3.61. The van der Waals surface area contributed by atoms with E-state index in [1.54, 1.807) is 7.11 Å². The SMILES string of the molecule is COc1nc(C(C)N)nc2c1COCC2. The van der Waals surface area contributed by atoms with Crippen LogP contribution in [0.3, 0.4) is 0 Å². The van der Waals surface area contributed by atoms with Gasteiger partial charge in [-0.25, -0.2) is 4.98 Å². The summed E-state index contributed by atoms with van der Waals surface area (Å²) in [5.74, 6) is 1.22. The Morgan fingerprint density at radius 1 is 1.47 bits per heavy atom. The smallest absolute Gasteiger partial charge is 0.222 e. The van der Waals surface area contributed by atoms with Gasteiger partial charge in [0.05, 0.1) is 37.6 Å². The van der Waals surface area contributed by atoms with Gasteiger partial charge in [0.1, 0.15) is 5.82 Å². The molecule has 5 nitrogen and oxygen atoms in total. The number of ether oxygens (including phenoxy) is 2. The predicted molar refractivity (Wildman–Crippen MR) is 54.5 cm³/mol. The van der Waals surface area contributed by atoms with Crippen LogP contribution in [0.4, 0.5) is 0 Å². The minimum atomic E-state index is -0.174. The summed E-state index contributed by atoms with van der Waals surface area (Å²) in [6.07, 6.45) is 0.800. The largest absolute Gasteiger partial charge is 0.481 e. The van der Waals surface area contributed by atoms with Crippen LogP contribution in [0.5, 0.6) is 5.88 Å². The molecule has 0 saturated heterocycles. The Kier molecular flexibility index (Phi) is 2.83. The number of hydrogen-bond acceptors (Lipinski definition) is 5. The maximum absolute atomic E-state index is 5.76. The first-order valence-electron chi connectivity index (χ1n) is 4.99. The van der Waals surface area contributed by atoms with Gasteiger partial charge >= 0.3 is 0 Å². The minimum Gasteiger partial charge on any atom is -0.481 e. The fourth-order valence-corrected chi connectivity index (χ4v) is 1.59. The molecule has 82 valence electrons. The highest BCUT2D eigenvalue weighted by atomic mass is 16.5. The topological polar surface area (TPSA) is 70.3 Å². The van der Waals surface area contributed by atoms with E-state index in [-0.39, 0.29) is 6.04 Å². The molecule has 0 fully saturated rings. The van der Waals surface area contributed by atoms with E-state index in [0.717, 1.165) is 17.7 Å². The second-order valence-corrected chi connectivity index (χ2v) is 3.61. The van der Waals surface area contributed by atoms with Gasteiger partial charge < -0.3 is 15.2 Å². The number of nitrogens with zero attached hydrogens (tertiary/aromatic N) is 2. The van der Waals surface area contributed by atoms with Crippen LogP contribution in [0, 0.1) is 0 Å². The van der Waals surface area contributed by atoms with E-state index in [2.05, 4.69) is 9.97 Å². The molecule has 2 N–H and O–H groups in total. The lowest BCUT2D eigenvalue weighted by Crippen LogP contribution is -2.19. The molecule has 5 heteroatoms. The molecule has 0 radical (unpaired) electrons. The quantitative estimate of drug-likeness (QED) is 0.771. The van der Waals surface area contributed by atoms with Crippen LogP contribution in [0.25, 0.3) is 0 Å². The van der Waals surface area contributed by atoms with Gasteiger partial charge in [0.25, 0.3) is 0 Å². The summed E-state index contributed by atoms with van der Waals surface area (Å²) in [4.78, 5) is 8.69. The minimum absolute atomic E-state index is 0.174. The van der Waals surface area contributed by atoms with Gasteiger partial charge in [0.15, 0.2) is 0 Å². The highest BCUT2D eigenvalue weighted by Crippen LogP contribution is 2.24. The molecule has 0 bridgehead atoms. The molecule has 0 aromatic carbocycles. The Morgan fingerprint density at radius 3 is 2.93 bits per heavy atom. The summed E-state index contributed by atoms with van der Waals surface area (Å²) in [5.41, 5.74) is 7.71. The highest BCUT2D eigenvalue weighted by molar-refractivity contribution is 5.32. The van der Waals surface area contributed by atoms with Gasteiger partial charge in [-0.05, 0) is 6.92 Å². The molecule has 0 amide bonds. The molecule has 15 heavy (non-hydrogen) atoms. The zero-order chi connectivity index (χ0) is 10.8. The standard InChI is InChI=1S/C10H15N3O2/c1-6(11)9-12-8-3-4-15-5-7(8)10(13-9)14-2/h6H,3-5,11H2,1-2H3. The fraction of sp³-hybridized carbons (Fsp3) is 0.600. The van der Waals surface area contributed by atoms with Gasteiger partial charge in [-0.15, -0.1) is 0 Å². The molecule has 1 aromatic rings. The molecular weight excluding hydrogens is 194 g/mol. The summed E-state index contributed by atoms with van der Waals surface area (Å²) < 4.78 is 10.6. The summed E-state index contributed by atoms with van der Waals surface area (Å²) in [7, 11) is 1.60. The molecule has 2 rings (SSSR count). The lowest BCUT2D eigenvalue weighted by molar-refractivity contribution is 0.106. The number of hydrogen-bond donors (Lipinski definition) is 1. The number of rotatable bonds is 2. The maximum atomic E-state index is 5.76. The van der Waals surface area contributed by atoms with Gasteiger partial charge in [-0.1, -0.05) is 0 Å². The average molecular weight is 209 g/mol. The van der Waals surface area contributed by atoms with Crippen molar-refractivity contribution < 1.29 is 9.47 Å². The summed E-state index contributed by atoms with van der Waals surface area (Å²) in [6.45, 7) is 3.09. The van der Waals surface area contributed by atoms with Crippen LogP contribution in [0.2, 0.25) is 0 Å². The first kappa shape index (κ1) is 10.3. The molecule has 1 aliphatic heterocycles. The molecular formula is C10H15N3O2. The normalized spacial score (nSPS) is 17.0. The van der Waals surface area contributed by atoms with Gasteiger partial charge in [0.2, 0.25) is 5.88 Å². The Bertz CT molecular complexity index is 349. The van der Waals surface area contributed by atoms with E-state index < -0.39 is 0 Å². The Hall–Kier alpha value is -1.20. The lowest BCUT2D eigenvalue weighted by Gasteiger charge is -2.19. The molecule has 1 atom stereocenters. The van der Waals surface area contributed by atoms with Crippen molar-refractivity contribution in [3.63, 3.8) is 0 Å². The number of fused-ring (bicyclic) bond motifs is 1. The predicted octanol–water partition coefficient (Wildman–Crippen LogP) is 0.578. The van der Waals surface area contributed by atoms with Crippen LogP contribution in [-0.2, 0) is 17.8 Å². The molecule has 0 aliphatic carbocycles. The van der Waals surface area contributed by atoms with E-state index in [1.165, 1.54) is 0 Å². The van der Waals surface area contributed by atoms with Crippen LogP contribution < -0.4 is 10.5 Å². The van der Waals surface area contributed by atoms with Crippen LogP contribution in [0.15, 0.2) is 0 Å². The van der Waals surface area contributed by atoms with Crippen LogP contribution >= 0.6 is 0 Å². The van der Waals surface area contributed by atoms with E-state index in [0.29, 0.717) is 24.9 Å². The molecule has 1 unspecified atom stereocenters. The zero-order valence-electron chi connectivity index (χ0n) is 8.99. The first-order chi connectivity index (χ1) is 7.22. The zero-order valence-corrected chi connectivity index (χ0v) is 8.99. The fourth-order valence-electron chi connectivity index (χ4n) is 1.59. The average Bonchev–Trinajstić information content (AvgIpc) is 2.27. The third kappa shape index (κ3) is 1.93. The second kappa shape index (κ2) is 4.12. The summed E-state index contributed by atoms with van der Waals surface area (Å²) in [6, 6.07) is -0.174. The lowest BCUT2D eigenvalue weighted by atomic mass is 10.1. The van der Waals surface area contributed by atoms with E-state index in [1.807, 2.05) is 6.92 Å². The van der Waals surface area contributed by atoms with E-state index in [9.17, 15) is 0 Å². The van der Waals surface area contributed by atoms with Gasteiger partial charge in [-0.3, -0.25) is 0 Å². The van der Waals surface area contributed by atoms with Gasteiger partial charge in [0, 0.05) is 6.42 Å². The van der Waals surface area contributed by atoms with Crippen molar-refractivity contribution in [3.05, 3.63) is 17.1 Å². The van der Waals surface area contributed by atoms with Crippen LogP contribution in [-0.4, -0.2) is 23.7 Å². The third-order valence-electron chi connectivity index (χ3n) is 2.40. The van der Waals surface area contributed by atoms with Gasteiger partial charge in [-0.2, -0.15) is 4.98 Å². The highest BCUT2D eigenvalue weighted by Gasteiger charge is 2.19. The van der Waals surface area contributed by atoms with Crippen molar-refractivity contribution >= 4 is 0 Å². The maximum Gasteiger partial charge on any atom is 0.222 e. The summed E-state index contributed by atoms with van der Waals surface area (Å²) in [5, 5.41) is 0. The van der Waals surface area contributed by atoms with E-state index >= 15 is 0 Å². The van der Waals surface area contributed by atoms with Crippen molar-refractivity contribution in [2.45, 2.75) is 26.0 Å². The number of nitrogens with two attached hydrogens (primary N) is 1. The molecule has 0 saturated carbocycles. The Balaban J connectivity index is 2.48. The van der Waals surface area contributed by atoms with Crippen molar-refractivity contribution in [2.24, 2.45) is 5.73 Å². The molecule has 1 aliphatic rings. The number of methoxy groups -OCH3 is 1. The first-order valence-corrected chi connectivity index (χ1v) is 4.99. The third-order valence-corrected chi connectivity index (χ3v) is 2.40. The molecule has 0 spiro atoms. The van der Waals surface area contributed by atoms with E-state index in [4.69, 9.17) is 15.2 Å².